The number of benzene rings is 2. The van der Waals surface area contributed by atoms with Gasteiger partial charge in [0.2, 0.25) is 0 Å². The molecule has 2 aromatic rings. The van der Waals surface area contributed by atoms with Crippen molar-refractivity contribution < 1.29 is 18.1 Å². The number of nitrogens with one attached hydrogen (secondary N) is 1. The summed E-state index contributed by atoms with van der Waals surface area (Å²) in [6.07, 6.45) is 1.97. The Labute approximate surface area is 160 Å². The summed E-state index contributed by atoms with van der Waals surface area (Å²) in [6, 6.07) is 9.28. The number of nitro benzene ring substituents is 1. The minimum absolute atomic E-state index is 0.0877. The van der Waals surface area contributed by atoms with Gasteiger partial charge in [-0.25, -0.2) is 8.42 Å². The number of nitro groups is 1. The van der Waals surface area contributed by atoms with Crippen LogP contribution >= 0.6 is 11.6 Å². The Bertz CT molecular complexity index is 986. The van der Waals surface area contributed by atoms with Crippen molar-refractivity contribution in [2.45, 2.75) is 17.7 Å². The largest absolute Gasteiger partial charge is 0.339 e. The highest BCUT2D eigenvalue weighted by atomic mass is 35.5. The molecule has 0 aromatic heterocycles. The van der Waals surface area contributed by atoms with Gasteiger partial charge >= 0.3 is 0 Å². The monoisotopic (exact) mass is 409 g/mol. The fraction of sp³-hybridized carbons (Fsp3) is 0.235. The molecule has 1 saturated heterocycles. The molecule has 10 heteroatoms. The van der Waals surface area contributed by atoms with E-state index in [0.717, 1.165) is 38.1 Å². The molecule has 1 N–H and O–H groups in total. The zero-order valence-corrected chi connectivity index (χ0v) is 15.7. The summed E-state index contributed by atoms with van der Waals surface area (Å²) >= 11 is 5.71. The highest BCUT2D eigenvalue weighted by molar-refractivity contribution is 7.92. The molecule has 3 rings (SSSR count). The summed E-state index contributed by atoms with van der Waals surface area (Å²) in [5.74, 6) is -0.0877. The van der Waals surface area contributed by atoms with Gasteiger partial charge < -0.3 is 4.90 Å². The van der Waals surface area contributed by atoms with Crippen molar-refractivity contribution in [2.24, 2.45) is 0 Å². The van der Waals surface area contributed by atoms with Gasteiger partial charge in [0, 0.05) is 30.4 Å². The number of halogens is 1. The first-order chi connectivity index (χ1) is 12.8. The standard InChI is InChI=1S/C17H16ClN3O5S/c18-15-8-7-14(11-16(15)21(23)24)27(25,26)19-13-5-3-12(4-6-13)17(22)20-9-1-2-10-20/h3-8,11,19H,1-2,9-10H2. The van der Waals surface area contributed by atoms with E-state index in [4.69, 9.17) is 11.6 Å². The number of amides is 1. The number of carbonyl (C=O) groups excluding carboxylic acids is 1. The van der Waals surface area contributed by atoms with Gasteiger partial charge in [0.1, 0.15) is 5.02 Å². The van der Waals surface area contributed by atoms with Crippen LogP contribution < -0.4 is 4.72 Å². The number of likely N-dealkylation sites (tertiary alicyclic amines) is 1. The van der Waals surface area contributed by atoms with E-state index in [0.29, 0.717) is 5.56 Å². The Morgan fingerprint density at radius 2 is 1.74 bits per heavy atom. The van der Waals surface area contributed by atoms with E-state index in [1.54, 1.807) is 17.0 Å². The third kappa shape index (κ3) is 4.20. The number of rotatable bonds is 5. The van der Waals surface area contributed by atoms with Crippen molar-refractivity contribution in [3.63, 3.8) is 0 Å². The molecule has 1 aliphatic rings. The summed E-state index contributed by atoms with van der Waals surface area (Å²) in [5.41, 5.74) is 0.221. The number of sulfonamides is 1. The zero-order chi connectivity index (χ0) is 19.6. The van der Waals surface area contributed by atoms with E-state index in [1.807, 2.05) is 0 Å². The summed E-state index contributed by atoms with van der Waals surface area (Å²) < 4.78 is 27.3. The van der Waals surface area contributed by atoms with E-state index in [1.165, 1.54) is 18.2 Å². The first kappa shape index (κ1) is 19.1. The molecule has 1 heterocycles. The molecule has 2 aromatic carbocycles. The van der Waals surface area contributed by atoms with Crippen LogP contribution in [0.2, 0.25) is 5.02 Å². The maximum absolute atomic E-state index is 12.5. The lowest BCUT2D eigenvalue weighted by molar-refractivity contribution is -0.384. The zero-order valence-electron chi connectivity index (χ0n) is 14.1. The SMILES string of the molecule is O=C(c1ccc(NS(=O)(=O)c2ccc(Cl)c([N+](=O)[O-])c2)cc1)N1CCCC1. The molecule has 1 amide bonds. The first-order valence-electron chi connectivity index (χ1n) is 8.14. The minimum atomic E-state index is -4.04. The third-order valence-corrected chi connectivity index (χ3v) is 5.90. The average molecular weight is 410 g/mol. The summed E-state index contributed by atoms with van der Waals surface area (Å²) in [4.78, 5) is 24.0. The molecule has 0 spiro atoms. The molecule has 1 fully saturated rings. The van der Waals surface area contributed by atoms with Crippen LogP contribution in [0, 0.1) is 10.1 Å². The van der Waals surface area contributed by atoms with Crippen LogP contribution in [0.5, 0.6) is 0 Å². The normalized spacial score (nSPS) is 14.2. The van der Waals surface area contributed by atoms with Gasteiger partial charge in [0.15, 0.2) is 0 Å². The smallest absolute Gasteiger partial charge is 0.289 e. The molecular weight excluding hydrogens is 394 g/mol. The molecule has 0 bridgehead atoms. The Balaban J connectivity index is 1.79. The summed E-state index contributed by atoms with van der Waals surface area (Å²) in [6.45, 7) is 1.45. The van der Waals surface area contributed by atoms with Crippen molar-refractivity contribution in [1.29, 1.82) is 0 Å². The molecule has 0 aliphatic carbocycles. The number of nitrogens with zero attached hydrogens (tertiary/aromatic N) is 2. The molecule has 0 radical (unpaired) electrons. The third-order valence-electron chi connectivity index (χ3n) is 4.20. The van der Waals surface area contributed by atoms with Crippen molar-refractivity contribution in [1.82, 2.24) is 4.90 Å². The molecular formula is C17H16ClN3O5S. The first-order valence-corrected chi connectivity index (χ1v) is 10.0. The molecule has 0 unspecified atom stereocenters. The highest BCUT2D eigenvalue weighted by Gasteiger charge is 2.22. The second kappa shape index (κ2) is 7.53. The lowest BCUT2D eigenvalue weighted by Gasteiger charge is -2.15. The van der Waals surface area contributed by atoms with Crippen LogP contribution in [0.25, 0.3) is 0 Å². The quantitative estimate of drug-likeness (QED) is 0.601. The molecule has 1 aliphatic heterocycles. The van der Waals surface area contributed by atoms with Crippen molar-refractivity contribution in [2.75, 3.05) is 17.8 Å². The minimum Gasteiger partial charge on any atom is -0.339 e. The van der Waals surface area contributed by atoms with Gasteiger partial charge in [-0.2, -0.15) is 0 Å². The Morgan fingerprint density at radius 3 is 2.33 bits per heavy atom. The number of carbonyl (C=O) groups is 1. The number of hydrogen-bond acceptors (Lipinski definition) is 5. The van der Waals surface area contributed by atoms with Gasteiger partial charge in [0.05, 0.1) is 9.82 Å². The lowest BCUT2D eigenvalue weighted by atomic mass is 10.2. The molecule has 0 saturated carbocycles. The molecule has 0 atom stereocenters. The van der Waals surface area contributed by atoms with Crippen molar-refractivity contribution >= 4 is 38.9 Å². The van der Waals surface area contributed by atoms with Gasteiger partial charge in [-0.1, -0.05) is 11.6 Å². The van der Waals surface area contributed by atoms with Gasteiger partial charge in [-0.3, -0.25) is 19.6 Å². The molecule has 142 valence electrons. The van der Waals surface area contributed by atoms with Crippen LogP contribution in [0.4, 0.5) is 11.4 Å². The fourth-order valence-electron chi connectivity index (χ4n) is 2.80. The van der Waals surface area contributed by atoms with Crippen LogP contribution in [0.1, 0.15) is 23.2 Å². The predicted octanol–water partition coefficient (Wildman–Crippen LogP) is 3.29. The maximum Gasteiger partial charge on any atom is 0.289 e. The number of anilines is 1. The van der Waals surface area contributed by atoms with Crippen molar-refractivity contribution in [3.8, 4) is 0 Å². The van der Waals surface area contributed by atoms with Crippen LogP contribution in [0.3, 0.4) is 0 Å². The van der Waals surface area contributed by atoms with E-state index in [9.17, 15) is 23.3 Å². The van der Waals surface area contributed by atoms with E-state index in [2.05, 4.69) is 4.72 Å². The van der Waals surface area contributed by atoms with E-state index in [-0.39, 0.29) is 21.5 Å². The predicted molar refractivity (Wildman–Crippen MR) is 100 cm³/mol. The van der Waals surface area contributed by atoms with Crippen molar-refractivity contribution in [3.05, 3.63) is 63.2 Å². The van der Waals surface area contributed by atoms with E-state index >= 15 is 0 Å². The number of hydrogen-bond donors (Lipinski definition) is 1. The van der Waals surface area contributed by atoms with E-state index < -0.39 is 20.6 Å². The highest BCUT2D eigenvalue weighted by Crippen LogP contribution is 2.28. The van der Waals surface area contributed by atoms with Crippen LogP contribution in [0.15, 0.2) is 47.4 Å². The van der Waals surface area contributed by atoms with Gasteiger partial charge in [0.25, 0.3) is 21.6 Å². The molecule has 27 heavy (non-hydrogen) atoms. The topological polar surface area (TPSA) is 110 Å². The summed E-state index contributed by atoms with van der Waals surface area (Å²) in [5, 5.41) is 10.8. The van der Waals surface area contributed by atoms with Gasteiger partial charge in [-0.15, -0.1) is 0 Å². The fourth-order valence-corrected chi connectivity index (χ4v) is 4.06. The Kier molecular flexibility index (Phi) is 5.33. The summed E-state index contributed by atoms with van der Waals surface area (Å²) in [7, 11) is -4.04. The Morgan fingerprint density at radius 1 is 1.11 bits per heavy atom. The van der Waals surface area contributed by atoms with Gasteiger partial charge in [-0.05, 0) is 49.2 Å². The Hall–Kier alpha value is -2.65. The molecule has 8 nitrogen and oxygen atoms in total. The average Bonchev–Trinajstić information content (AvgIpc) is 3.16. The van der Waals surface area contributed by atoms with Crippen LogP contribution in [-0.2, 0) is 10.0 Å². The lowest BCUT2D eigenvalue weighted by Crippen LogP contribution is -2.27. The second-order valence-corrected chi connectivity index (χ2v) is 8.14. The van der Waals surface area contributed by atoms with Crippen LogP contribution in [-0.4, -0.2) is 37.2 Å². The second-order valence-electron chi connectivity index (χ2n) is 6.05. The maximum atomic E-state index is 12.5.